The van der Waals surface area contributed by atoms with Crippen molar-refractivity contribution in [3.8, 4) is 5.75 Å². The molecule has 17 heavy (non-hydrogen) atoms. The zero-order valence-electron chi connectivity index (χ0n) is 10.1. The molecule has 1 aliphatic carbocycles. The standard InChI is InChI=1S/C14H20N2O/c15-16-13(9-10-5-6-10)11-7-8-17-14-4-2-1-3-12(11)14/h1-4,10-11,13,16H,5-9,15H2. The molecule has 1 aliphatic heterocycles. The lowest BCUT2D eigenvalue weighted by Crippen LogP contribution is -2.41. The number of rotatable bonds is 4. The molecular weight excluding hydrogens is 212 g/mol. The molecule has 2 aliphatic rings. The van der Waals surface area contributed by atoms with E-state index in [1.807, 2.05) is 6.07 Å². The third-order valence-electron chi connectivity index (χ3n) is 3.99. The van der Waals surface area contributed by atoms with E-state index in [4.69, 9.17) is 10.6 Å². The van der Waals surface area contributed by atoms with Crippen LogP contribution in [0, 0.1) is 5.92 Å². The van der Waals surface area contributed by atoms with E-state index >= 15 is 0 Å². The summed E-state index contributed by atoms with van der Waals surface area (Å²) in [4.78, 5) is 0. The van der Waals surface area contributed by atoms with Gasteiger partial charge in [0.25, 0.3) is 0 Å². The second-order valence-electron chi connectivity index (χ2n) is 5.23. The van der Waals surface area contributed by atoms with Crippen LogP contribution < -0.4 is 16.0 Å². The Morgan fingerprint density at radius 1 is 1.29 bits per heavy atom. The van der Waals surface area contributed by atoms with Gasteiger partial charge < -0.3 is 4.74 Å². The van der Waals surface area contributed by atoms with Crippen molar-refractivity contribution in [1.29, 1.82) is 0 Å². The third-order valence-corrected chi connectivity index (χ3v) is 3.99. The summed E-state index contributed by atoms with van der Waals surface area (Å²) in [6.07, 6.45) is 5.03. The van der Waals surface area contributed by atoms with Gasteiger partial charge in [-0.2, -0.15) is 0 Å². The van der Waals surface area contributed by atoms with Crippen LogP contribution in [0.25, 0.3) is 0 Å². The first kappa shape index (κ1) is 11.1. The van der Waals surface area contributed by atoms with Crippen molar-refractivity contribution in [3.05, 3.63) is 29.8 Å². The molecule has 1 fully saturated rings. The summed E-state index contributed by atoms with van der Waals surface area (Å²) in [6.45, 7) is 0.810. The number of para-hydroxylation sites is 1. The average molecular weight is 232 g/mol. The summed E-state index contributed by atoms with van der Waals surface area (Å²) in [5.74, 6) is 8.19. The molecular formula is C14H20N2O. The van der Waals surface area contributed by atoms with Crippen LogP contribution in [0.4, 0.5) is 0 Å². The molecule has 0 radical (unpaired) electrons. The molecule has 1 heterocycles. The van der Waals surface area contributed by atoms with Gasteiger partial charge in [0.15, 0.2) is 0 Å². The van der Waals surface area contributed by atoms with Crippen LogP contribution in [0.2, 0.25) is 0 Å². The fraction of sp³-hybridized carbons (Fsp3) is 0.571. The van der Waals surface area contributed by atoms with Crippen LogP contribution in [-0.2, 0) is 0 Å². The van der Waals surface area contributed by atoms with Crippen molar-refractivity contribution in [2.75, 3.05) is 6.61 Å². The fourth-order valence-electron chi connectivity index (χ4n) is 2.85. The number of benzene rings is 1. The third kappa shape index (κ3) is 2.31. The second kappa shape index (κ2) is 4.67. The molecule has 2 atom stereocenters. The minimum atomic E-state index is 0.396. The maximum absolute atomic E-state index is 5.75. The molecule has 92 valence electrons. The van der Waals surface area contributed by atoms with Crippen LogP contribution in [0.15, 0.2) is 24.3 Å². The Bertz CT molecular complexity index is 390. The van der Waals surface area contributed by atoms with E-state index in [9.17, 15) is 0 Å². The van der Waals surface area contributed by atoms with Gasteiger partial charge in [-0.05, 0) is 30.4 Å². The van der Waals surface area contributed by atoms with Crippen molar-refractivity contribution in [2.45, 2.75) is 37.6 Å². The largest absolute Gasteiger partial charge is 0.493 e. The van der Waals surface area contributed by atoms with E-state index in [1.54, 1.807) is 0 Å². The lowest BCUT2D eigenvalue weighted by atomic mass is 9.84. The van der Waals surface area contributed by atoms with Crippen molar-refractivity contribution >= 4 is 0 Å². The van der Waals surface area contributed by atoms with Crippen molar-refractivity contribution < 1.29 is 4.74 Å². The quantitative estimate of drug-likeness (QED) is 0.618. The van der Waals surface area contributed by atoms with Crippen LogP contribution in [0.3, 0.4) is 0 Å². The molecule has 3 rings (SSSR count). The molecule has 3 nitrogen and oxygen atoms in total. The van der Waals surface area contributed by atoms with Gasteiger partial charge in [-0.15, -0.1) is 0 Å². The van der Waals surface area contributed by atoms with E-state index in [-0.39, 0.29) is 0 Å². The number of hydrogen-bond donors (Lipinski definition) is 2. The van der Waals surface area contributed by atoms with Crippen molar-refractivity contribution in [1.82, 2.24) is 5.43 Å². The van der Waals surface area contributed by atoms with E-state index in [0.29, 0.717) is 12.0 Å². The minimum absolute atomic E-state index is 0.396. The number of hydrazine groups is 1. The van der Waals surface area contributed by atoms with E-state index in [1.165, 1.54) is 24.8 Å². The molecule has 1 aromatic carbocycles. The molecule has 1 saturated carbocycles. The average Bonchev–Trinajstić information content (AvgIpc) is 3.19. The minimum Gasteiger partial charge on any atom is -0.493 e. The summed E-state index contributed by atoms with van der Waals surface area (Å²) >= 11 is 0. The monoisotopic (exact) mass is 232 g/mol. The smallest absolute Gasteiger partial charge is 0.122 e. The van der Waals surface area contributed by atoms with Gasteiger partial charge >= 0.3 is 0 Å². The predicted molar refractivity (Wildman–Crippen MR) is 67.7 cm³/mol. The Labute approximate surface area is 102 Å². The molecule has 0 spiro atoms. The summed E-state index contributed by atoms with van der Waals surface area (Å²) in [5, 5.41) is 0. The topological polar surface area (TPSA) is 47.3 Å². The molecule has 0 aromatic heterocycles. The molecule has 1 aromatic rings. The Hall–Kier alpha value is -1.06. The Morgan fingerprint density at radius 3 is 2.88 bits per heavy atom. The maximum atomic E-state index is 5.75. The lowest BCUT2D eigenvalue weighted by molar-refractivity contribution is 0.239. The highest BCUT2D eigenvalue weighted by Gasteiger charge is 2.32. The summed E-state index contributed by atoms with van der Waals surface area (Å²) < 4.78 is 5.70. The highest BCUT2D eigenvalue weighted by Crippen LogP contribution is 2.41. The maximum Gasteiger partial charge on any atom is 0.122 e. The van der Waals surface area contributed by atoms with Crippen molar-refractivity contribution in [3.63, 3.8) is 0 Å². The summed E-state index contributed by atoms with van der Waals surface area (Å²) in [7, 11) is 0. The van der Waals surface area contributed by atoms with Gasteiger partial charge in [0.2, 0.25) is 0 Å². The molecule has 0 bridgehead atoms. The van der Waals surface area contributed by atoms with Gasteiger partial charge in [-0.3, -0.25) is 11.3 Å². The van der Waals surface area contributed by atoms with Crippen LogP contribution in [-0.4, -0.2) is 12.6 Å². The number of fused-ring (bicyclic) bond motifs is 1. The molecule has 3 N–H and O–H groups in total. The lowest BCUT2D eigenvalue weighted by Gasteiger charge is -2.32. The predicted octanol–water partition coefficient (Wildman–Crippen LogP) is 2.18. The summed E-state index contributed by atoms with van der Waals surface area (Å²) in [5.41, 5.74) is 4.35. The van der Waals surface area contributed by atoms with E-state index in [2.05, 4.69) is 23.6 Å². The number of nitrogens with two attached hydrogens (primary N) is 1. The Kier molecular flexibility index (Phi) is 3.04. The normalized spacial score (nSPS) is 24.9. The van der Waals surface area contributed by atoms with Gasteiger partial charge in [-0.1, -0.05) is 31.0 Å². The summed E-state index contributed by atoms with van der Waals surface area (Å²) in [6, 6.07) is 8.76. The molecule has 2 unspecified atom stereocenters. The molecule has 0 amide bonds. The molecule has 0 saturated heterocycles. The number of hydrogen-bond acceptors (Lipinski definition) is 3. The zero-order valence-corrected chi connectivity index (χ0v) is 10.1. The highest BCUT2D eigenvalue weighted by molar-refractivity contribution is 5.38. The Morgan fingerprint density at radius 2 is 2.12 bits per heavy atom. The zero-order chi connectivity index (χ0) is 11.7. The van der Waals surface area contributed by atoms with Gasteiger partial charge in [0.1, 0.15) is 5.75 Å². The number of ether oxygens (including phenoxy) is 1. The first-order chi connectivity index (χ1) is 8.38. The van der Waals surface area contributed by atoms with Crippen LogP contribution in [0.1, 0.15) is 37.2 Å². The first-order valence-corrected chi connectivity index (χ1v) is 6.56. The van der Waals surface area contributed by atoms with Gasteiger partial charge in [-0.25, -0.2) is 0 Å². The van der Waals surface area contributed by atoms with Gasteiger partial charge in [0, 0.05) is 12.0 Å². The van der Waals surface area contributed by atoms with E-state index in [0.717, 1.165) is 24.7 Å². The fourth-order valence-corrected chi connectivity index (χ4v) is 2.85. The SMILES string of the molecule is NNC(CC1CC1)C1CCOc2ccccc21. The Balaban J connectivity index is 1.82. The van der Waals surface area contributed by atoms with Crippen molar-refractivity contribution in [2.24, 2.45) is 11.8 Å². The number of nitrogens with one attached hydrogen (secondary N) is 1. The van der Waals surface area contributed by atoms with Gasteiger partial charge in [0.05, 0.1) is 6.61 Å². The highest BCUT2D eigenvalue weighted by atomic mass is 16.5. The van der Waals surface area contributed by atoms with E-state index < -0.39 is 0 Å². The van der Waals surface area contributed by atoms with Crippen LogP contribution in [0.5, 0.6) is 5.75 Å². The van der Waals surface area contributed by atoms with Crippen LogP contribution >= 0.6 is 0 Å². The first-order valence-electron chi connectivity index (χ1n) is 6.56. The second-order valence-corrected chi connectivity index (χ2v) is 5.23. The molecule has 3 heteroatoms.